The molecule has 0 spiro atoms. The van der Waals surface area contributed by atoms with Gasteiger partial charge in [0.2, 0.25) is 0 Å². The van der Waals surface area contributed by atoms with Crippen molar-refractivity contribution >= 4 is 11.8 Å². The fraction of sp³-hybridized carbons (Fsp3) is 0.562. The lowest BCUT2D eigenvalue weighted by molar-refractivity contribution is -0.0289. The van der Waals surface area contributed by atoms with Crippen molar-refractivity contribution in [2.24, 2.45) is 5.92 Å². The normalized spacial score (nSPS) is 27.2. The van der Waals surface area contributed by atoms with Gasteiger partial charge in [-0.2, -0.15) is 0 Å². The van der Waals surface area contributed by atoms with Crippen molar-refractivity contribution < 1.29 is 14.3 Å². The van der Waals surface area contributed by atoms with Crippen molar-refractivity contribution in [3.63, 3.8) is 0 Å². The Morgan fingerprint density at radius 1 is 1.38 bits per heavy atom. The Bertz CT molecular complexity index is 498. The van der Waals surface area contributed by atoms with Gasteiger partial charge in [0.15, 0.2) is 0 Å². The molecule has 0 saturated carbocycles. The molecule has 4 rings (SSSR count). The van der Waals surface area contributed by atoms with E-state index in [-0.39, 0.29) is 12.2 Å². The SMILES string of the molecule is CCOc1cccc(NC(=O)O[C@H]2CN3CCC2CC3)c1. The Kier molecular flexibility index (Phi) is 4.29. The highest BCUT2D eigenvalue weighted by atomic mass is 16.6. The molecular weight excluding hydrogens is 268 g/mol. The number of rotatable bonds is 4. The highest BCUT2D eigenvalue weighted by Gasteiger charge is 2.36. The van der Waals surface area contributed by atoms with Gasteiger partial charge >= 0.3 is 6.09 Å². The van der Waals surface area contributed by atoms with Gasteiger partial charge in [-0.25, -0.2) is 4.79 Å². The molecule has 0 radical (unpaired) electrons. The maximum Gasteiger partial charge on any atom is 0.411 e. The molecule has 5 heteroatoms. The summed E-state index contributed by atoms with van der Waals surface area (Å²) in [5, 5.41) is 2.79. The number of ether oxygens (including phenoxy) is 2. The summed E-state index contributed by atoms with van der Waals surface area (Å²) >= 11 is 0. The van der Waals surface area contributed by atoms with Crippen LogP contribution < -0.4 is 10.1 Å². The molecule has 3 heterocycles. The lowest BCUT2D eigenvalue weighted by Crippen LogP contribution is -2.52. The first-order valence-electron chi connectivity index (χ1n) is 7.67. The van der Waals surface area contributed by atoms with E-state index in [1.807, 2.05) is 25.1 Å². The number of benzene rings is 1. The average Bonchev–Trinajstić information content (AvgIpc) is 2.49. The molecule has 114 valence electrons. The third-order valence-corrected chi connectivity index (χ3v) is 4.25. The van der Waals surface area contributed by atoms with Gasteiger partial charge < -0.3 is 9.47 Å². The van der Waals surface area contributed by atoms with E-state index in [0.29, 0.717) is 18.2 Å². The molecule has 2 bridgehead atoms. The highest BCUT2D eigenvalue weighted by molar-refractivity contribution is 5.85. The Balaban J connectivity index is 1.55. The zero-order chi connectivity index (χ0) is 14.7. The Hall–Kier alpha value is -1.75. The average molecular weight is 290 g/mol. The maximum absolute atomic E-state index is 12.0. The van der Waals surface area contributed by atoms with Crippen LogP contribution in [-0.2, 0) is 4.74 Å². The van der Waals surface area contributed by atoms with Crippen LogP contribution in [0.25, 0.3) is 0 Å². The van der Waals surface area contributed by atoms with Crippen LogP contribution in [0.5, 0.6) is 5.75 Å². The molecular formula is C16H22N2O3. The third-order valence-electron chi connectivity index (χ3n) is 4.25. The molecule has 1 amide bonds. The van der Waals surface area contributed by atoms with Crippen LogP contribution in [0, 0.1) is 5.92 Å². The van der Waals surface area contributed by atoms with Crippen LogP contribution in [0.2, 0.25) is 0 Å². The number of hydrogen-bond acceptors (Lipinski definition) is 4. The van der Waals surface area contributed by atoms with E-state index in [9.17, 15) is 4.79 Å². The number of amides is 1. The van der Waals surface area contributed by atoms with Crippen molar-refractivity contribution in [3.8, 4) is 5.75 Å². The topological polar surface area (TPSA) is 50.8 Å². The van der Waals surface area contributed by atoms with Crippen LogP contribution in [-0.4, -0.2) is 43.3 Å². The first kappa shape index (κ1) is 14.2. The van der Waals surface area contributed by atoms with E-state index < -0.39 is 0 Å². The number of hydrogen-bond donors (Lipinski definition) is 1. The van der Waals surface area contributed by atoms with E-state index in [1.54, 1.807) is 6.07 Å². The second-order valence-electron chi connectivity index (χ2n) is 5.67. The smallest absolute Gasteiger partial charge is 0.411 e. The van der Waals surface area contributed by atoms with Crippen LogP contribution in [0.4, 0.5) is 10.5 Å². The molecule has 1 aromatic carbocycles. The summed E-state index contributed by atoms with van der Waals surface area (Å²) in [7, 11) is 0. The van der Waals surface area contributed by atoms with Crippen LogP contribution in [0.1, 0.15) is 19.8 Å². The number of nitrogens with one attached hydrogen (secondary N) is 1. The lowest BCUT2D eigenvalue weighted by atomic mass is 9.86. The number of anilines is 1. The van der Waals surface area contributed by atoms with Crippen LogP contribution in [0.3, 0.4) is 0 Å². The zero-order valence-electron chi connectivity index (χ0n) is 12.4. The van der Waals surface area contributed by atoms with E-state index in [0.717, 1.165) is 38.2 Å². The van der Waals surface area contributed by atoms with Crippen molar-refractivity contribution in [2.75, 3.05) is 31.6 Å². The van der Waals surface area contributed by atoms with E-state index in [1.165, 1.54) is 0 Å². The Morgan fingerprint density at radius 2 is 2.19 bits per heavy atom. The largest absolute Gasteiger partial charge is 0.494 e. The maximum atomic E-state index is 12.0. The van der Waals surface area contributed by atoms with Crippen LogP contribution in [0.15, 0.2) is 24.3 Å². The number of piperidine rings is 3. The molecule has 1 aromatic rings. The molecule has 1 N–H and O–H groups in total. The second kappa shape index (κ2) is 6.35. The van der Waals surface area contributed by atoms with Gasteiger partial charge in [0.05, 0.1) is 6.61 Å². The third kappa shape index (κ3) is 3.47. The molecule has 21 heavy (non-hydrogen) atoms. The summed E-state index contributed by atoms with van der Waals surface area (Å²) in [5.74, 6) is 1.27. The van der Waals surface area contributed by atoms with Gasteiger partial charge in [-0.1, -0.05) is 6.07 Å². The molecule has 0 unspecified atom stereocenters. The second-order valence-corrected chi connectivity index (χ2v) is 5.67. The van der Waals surface area contributed by atoms with Crippen molar-refractivity contribution in [1.29, 1.82) is 0 Å². The van der Waals surface area contributed by atoms with Gasteiger partial charge in [0.25, 0.3) is 0 Å². The van der Waals surface area contributed by atoms with Crippen molar-refractivity contribution in [1.82, 2.24) is 4.90 Å². The molecule has 1 atom stereocenters. The number of nitrogens with zero attached hydrogens (tertiary/aromatic N) is 1. The summed E-state index contributed by atoms with van der Waals surface area (Å²) in [6.07, 6.45) is 1.93. The predicted octanol–water partition coefficient (Wildman–Crippen LogP) is 2.73. The van der Waals surface area contributed by atoms with Crippen molar-refractivity contribution in [3.05, 3.63) is 24.3 Å². The summed E-state index contributed by atoms with van der Waals surface area (Å²) in [6, 6.07) is 7.36. The van der Waals surface area contributed by atoms with Gasteiger partial charge in [-0.05, 0) is 50.9 Å². The lowest BCUT2D eigenvalue weighted by Gasteiger charge is -2.43. The van der Waals surface area contributed by atoms with Crippen LogP contribution >= 0.6 is 0 Å². The van der Waals surface area contributed by atoms with Gasteiger partial charge in [-0.3, -0.25) is 10.2 Å². The number of fused-ring (bicyclic) bond motifs is 3. The minimum absolute atomic E-state index is 0.0302. The first-order valence-corrected chi connectivity index (χ1v) is 7.67. The van der Waals surface area contributed by atoms with E-state index >= 15 is 0 Å². The first-order chi connectivity index (χ1) is 10.2. The fourth-order valence-corrected chi connectivity index (χ4v) is 3.16. The number of carbonyl (C=O) groups excluding carboxylic acids is 1. The Labute approximate surface area is 125 Å². The molecule has 3 aliphatic rings. The molecule has 3 saturated heterocycles. The van der Waals surface area contributed by atoms with E-state index in [2.05, 4.69) is 10.2 Å². The number of carbonyl (C=O) groups is 1. The van der Waals surface area contributed by atoms with Gasteiger partial charge in [0.1, 0.15) is 11.9 Å². The summed E-state index contributed by atoms with van der Waals surface area (Å²) in [5.41, 5.74) is 0.701. The summed E-state index contributed by atoms with van der Waals surface area (Å²) < 4.78 is 11.0. The molecule has 0 aliphatic carbocycles. The van der Waals surface area contributed by atoms with E-state index in [4.69, 9.17) is 9.47 Å². The Morgan fingerprint density at radius 3 is 2.86 bits per heavy atom. The minimum Gasteiger partial charge on any atom is -0.494 e. The standard InChI is InChI=1S/C16H22N2O3/c1-2-20-14-5-3-4-13(10-14)17-16(19)21-15-11-18-8-6-12(15)7-9-18/h3-5,10,12,15H,2,6-9,11H2,1H3,(H,17,19)/t15-/m0/s1. The molecule has 3 aliphatic heterocycles. The fourth-order valence-electron chi connectivity index (χ4n) is 3.16. The van der Waals surface area contributed by atoms with Gasteiger partial charge in [0, 0.05) is 18.3 Å². The minimum atomic E-state index is -0.373. The van der Waals surface area contributed by atoms with Gasteiger partial charge in [-0.15, -0.1) is 0 Å². The monoisotopic (exact) mass is 290 g/mol. The summed E-state index contributed by atoms with van der Waals surface area (Å²) in [6.45, 7) is 5.69. The zero-order valence-corrected chi connectivity index (χ0v) is 12.4. The quantitative estimate of drug-likeness (QED) is 0.926. The molecule has 0 aromatic heterocycles. The molecule has 3 fully saturated rings. The predicted molar refractivity (Wildman–Crippen MR) is 80.7 cm³/mol. The summed E-state index contributed by atoms with van der Waals surface area (Å²) in [4.78, 5) is 14.4. The highest BCUT2D eigenvalue weighted by Crippen LogP contribution is 2.29. The molecule has 5 nitrogen and oxygen atoms in total. The van der Waals surface area contributed by atoms with Crippen molar-refractivity contribution in [2.45, 2.75) is 25.9 Å².